The Morgan fingerprint density at radius 1 is 1.54 bits per heavy atom. The topological polar surface area (TPSA) is 72.5 Å². The van der Waals surface area contributed by atoms with Gasteiger partial charge in [0, 0.05) is 12.8 Å². The van der Waals surface area contributed by atoms with Crippen LogP contribution >= 0.6 is 0 Å². The van der Waals surface area contributed by atoms with Gasteiger partial charge in [-0.25, -0.2) is 17.6 Å². The molecule has 5 nitrogen and oxygen atoms in total. The number of carbonyl (C=O) groups is 1. The van der Waals surface area contributed by atoms with E-state index in [4.69, 9.17) is 0 Å². The molecule has 1 amide bonds. The molecule has 13 heavy (non-hydrogen) atoms. The van der Waals surface area contributed by atoms with Gasteiger partial charge in [-0.2, -0.15) is 0 Å². The highest BCUT2D eigenvalue weighted by Crippen LogP contribution is 1.82. The predicted molar refractivity (Wildman–Crippen MR) is 45.0 cm³/mol. The fourth-order valence-corrected chi connectivity index (χ4v) is 0.994. The predicted octanol–water partition coefficient (Wildman–Crippen LogP) is -0.273. The number of sulfone groups is 1. The van der Waals surface area contributed by atoms with Gasteiger partial charge in [0.25, 0.3) is 0 Å². The van der Waals surface area contributed by atoms with Gasteiger partial charge >= 0.3 is 6.09 Å². The maximum Gasteiger partial charge on any atom is 0.407 e. The molecule has 0 aromatic rings. The van der Waals surface area contributed by atoms with Crippen molar-refractivity contribution in [2.24, 2.45) is 0 Å². The molecule has 0 rings (SSSR count). The van der Waals surface area contributed by atoms with Crippen molar-refractivity contribution in [2.75, 3.05) is 31.8 Å². The fourth-order valence-electron chi connectivity index (χ4n) is 0.521. The zero-order valence-electron chi connectivity index (χ0n) is 7.25. The summed E-state index contributed by atoms with van der Waals surface area (Å²) in [6, 6.07) is 0. The van der Waals surface area contributed by atoms with E-state index in [1.807, 2.05) is 0 Å². The zero-order valence-corrected chi connectivity index (χ0v) is 8.06. The number of nitrogens with one attached hydrogen (secondary N) is 1. The average molecular weight is 213 g/mol. The molecule has 0 aliphatic heterocycles. The number of alkyl halides is 1. The zero-order chi connectivity index (χ0) is 10.3. The summed E-state index contributed by atoms with van der Waals surface area (Å²) in [7, 11) is -3.08. The number of hydrogen-bond acceptors (Lipinski definition) is 4. The highest BCUT2D eigenvalue weighted by Gasteiger charge is 2.04. The molecule has 0 aliphatic rings. The van der Waals surface area contributed by atoms with Crippen molar-refractivity contribution in [3.63, 3.8) is 0 Å². The van der Waals surface area contributed by atoms with Crippen molar-refractivity contribution in [1.29, 1.82) is 0 Å². The normalized spacial score (nSPS) is 10.9. The van der Waals surface area contributed by atoms with Crippen molar-refractivity contribution in [3.8, 4) is 0 Å². The van der Waals surface area contributed by atoms with Crippen molar-refractivity contribution < 1.29 is 22.3 Å². The maximum absolute atomic E-state index is 11.5. The van der Waals surface area contributed by atoms with Crippen LogP contribution in [0.1, 0.15) is 0 Å². The second kappa shape index (κ2) is 5.74. The summed E-state index contributed by atoms with van der Waals surface area (Å²) in [6.45, 7) is -1.09. The van der Waals surface area contributed by atoms with Crippen LogP contribution in [-0.2, 0) is 14.6 Å². The summed E-state index contributed by atoms with van der Waals surface area (Å²) >= 11 is 0. The molecule has 0 heterocycles. The van der Waals surface area contributed by atoms with E-state index < -0.39 is 22.6 Å². The Morgan fingerprint density at radius 2 is 2.15 bits per heavy atom. The van der Waals surface area contributed by atoms with Crippen LogP contribution in [-0.4, -0.2) is 46.3 Å². The van der Waals surface area contributed by atoms with Gasteiger partial charge in [-0.15, -0.1) is 0 Å². The van der Waals surface area contributed by atoms with Crippen LogP contribution in [0.3, 0.4) is 0 Å². The second-order valence-electron chi connectivity index (χ2n) is 2.38. The lowest BCUT2D eigenvalue weighted by Crippen LogP contribution is -2.29. The van der Waals surface area contributed by atoms with Crippen molar-refractivity contribution in [1.82, 2.24) is 5.32 Å². The van der Waals surface area contributed by atoms with Gasteiger partial charge in [0.15, 0.2) is 0 Å². The van der Waals surface area contributed by atoms with Crippen molar-refractivity contribution in [2.45, 2.75) is 0 Å². The number of amides is 1. The second-order valence-corrected chi connectivity index (χ2v) is 4.64. The SMILES string of the molecule is CS(=O)(=O)CCNC(=O)OCCF. The smallest absolute Gasteiger partial charge is 0.407 e. The van der Waals surface area contributed by atoms with Crippen LogP contribution < -0.4 is 5.32 Å². The van der Waals surface area contributed by atoms with E-state index in [1.165, 1.54) is 0 Å². The molecule has 0 atom stereocenters. The van der Waals surface area contributed by atoms with Gasteiger partial charge in [0.2, 0.25) is 0 Å². The Morgan fingerprint density at radius 3 is 2.62 bits per heavy atom. The third-order valence-corrected chi connectivity index (χ3v) is 2.00. The number of carbonyl (C=O) groups excluding carboxylic acids is 1. The molecule has 0 radical (unpaired) electrons. The summed E-state index contributed by atoms with van der Waals surface area (Å²) in [5.41, 5.74) is 0. The van der Waals surface area contributed by atoms with Gasteiger partial charge in [0.05, 0.1) is 5.75 Å². The molecule has 0 saturated heterocycles. The van der Waals surface area contributed by atoms with Crippen molar-refractivity contribution >= 4 is 15.9 Å². The largest absolute Gasteiger partial charge is 0.447 e. The Labute approximate surface area is 76.2 Å². The molecule has 78 valence electrons. The monoisotopic (exact) mass is 213 g/mol. The number of halogens is 1. The summed E-state index contributed by atoms with van der Waals surface area (Å²) in [5.74, 6) is -0.155. The molecule has 7 heteroatoms. The van der Waals surface area contributed by atoms with E-state index in [0.29, 0.717) is 0 Å². The van der Waals surface area contributed by atoms with Crippen LogP contribution in [0.25, 0.3) is 0 Å². The summed E-state index contributed by atoms with van der Waals surface area (Å²) in [5, 5.41) is 2.17. The van der Waals surface area contributed by atoms with Crippen molar-refractivity contribution in [3.05, 3.63) is 0 Å². The van der Waals surface area contributed by atoms with Gasteiger partial charge in [-0.1, -0.05) is 0 Å². The minimum atomic E-state index is -3.08. The average Bonchev–Trinajstić information content (AvgIpc) is 1.98. The Hall–Kier alpha value is -0.850. The molecular weight excluding hydrogens is 201 g/mol. The van der Waals surface area contributed by atoms with Crippen LogP contribution in [0.2, 0.25) is 0 Å². The third kappa shape index (κ3) is 9.06. The van der Waals surface area contributed by atoms with Gasteiger partial charge in [-0.3, -0.25) is 0 Å². The van der Waals surface area contributed by atoms with Crippen LogP contribution in [0, 0.1) is 0 Å². The van der Waals surface area contributed by atoms with Crippen LogP contribution in [0.4, 0.5) is 9.18 Å². The molecule has 0 fully saturated rings. The maximum atomic E-state index is 11.5. The molecule has 0 aromatic carbocycles. The van der Waals surface area contributed by atoms with Gasteiger partial charge in [0.1, 0.15) is 23.1 Å². The molecule has 1 N–H and O–H groups in total. The van der Waals surface area contributed by atoms with Crippen LogP contribution in [0.5, 0.6) is 0 Å². The first-order chi connectivity index (χ1) is 5.95. The summed E-state index contributed by atoms with van der Waals surface area (Å²) in [6.07, 6.45) is 0.253. The van der Waals surface area contributed by atoms with E-state index in [-0.39, 0.29) is 18.9 Å². The number of hydrogen-bond donors (Lipinski definition) is 1. The molecule has 0 aromatic heterocycles. The third-order valence-electron chi connectivity index (χ3n) is 1.05. The molecular formula is C6H12FNO4S. The quantitative estimate of drug-likeness (QED) is 0.682. The minimum Gasteiger partial charge on any atom is -0.447 e. The summed E-state index contributed by atoms with van der Waals surface area (Å²) in [4.78, 5) is 10.6. The highest BCUT2D eigenvalue weighted by atomic mass is 32.2. The van der Waals surface area contributed by atoms with E-state index >= 15 is 0 Å². The van der Waals surface area contributed by atoms with Gasteiger partial charge in [-0.05, 0) is 0 Å². The Bertz CT molecular complexity index is 251. The van der Waals surface area contributed by atoms with E-state index in [0.717, 1.165) is 6.26 Å². The molecule has 0 saturated carbocycles. The van der Waals surface area contributed by atoms with E-state index in [9.17, 15) is 17.6 Å². The van der Waals surface area contributed by atoms with E-state index in [2.05, 4.69) is 10.1 Å². The standard InChI is InChI=1S/C6H12FNO4S/c1-13(10,11)5-3-8-6(9)12-4-2-7/h2-5H2,1H3,(H,8,9). The van der Waals surface area contributed by atoms with Crippen LogP contribution in [0.15, 0.2) is 0 Å². The number of rotatable bonds is 5. The first-order valence-electron chi connectivity index (χ1n) is 3.60. The summed E-state index contributed by atoms with van der Waals surface area (Å²) < 4.78 is 36.9. The molecule has 0 aliphatic carbocycles. The highest BCUT2D eigenvalue weighted by molar-refractivity contribution is 7.90. The number of ether oxygens (including phenoxy) is 1. The lowest BCUT2D eigenvalue weighted by Gasteiger charge is -2.03. The first-order valence-corrected chi connectivity index (χ1v) is 5.66. The Kier molecular flexibility index (Phi) is 5.36. The number of alkyl carbamates (subject to hydrolysis) is 1. The minimum absolute atomic E-state index is 0.0239. The lowest BCUT2D eigenvalue weighted by molar-refractivity contribution is 0.138. The Balaban J connectivity index is 3.49. The fraction of sp³-hybridized carbons (Fsp3) is 0.833. The first kappa shape index (κ1) is 12.2. The molecule has 0 unspecified atom stereocenters. The lowest BCUT2D eigenvalue weighted by atomic mass is 10.7. The molecule has 0 bridgehead atoms. The van der Waals surface area contributed by atoms with Gasteiger partial charge < -0.3 is 10.1 Å². The molecule has 0 spiro atoms. The van der Waals surface area contributed by atoms with E-state index in [1.54, 1.807) is 0 Å².